The number of carboxylic acids is 1. The van der Waals surface area contributed by atoms with Crippen molar-refractivity contribution >= 4 is 21.9 Å². The van der Waals surface area contributed by atoms with Crippen LogP contribution in [0.25, 0.3) is 0 Å². The highest BCUT2D eigenvalue weighted by atomic mass is 79.9. The minimum atomic E-state index is -1.15. The number of aliphatic carboxylic acids is 1. The lowest BCUT2D eigenvalue weighted by Crippen LogP contribution is -2.39. The summed E-state index contributed by atoms with van der Waals surface area (Å²) < 4.78 is 17.0. The molecule has 5 nitrogen and oxygen atoms in total. The molecule has 2 unspecified atom stereocenters. The van der Waals surface area contributed by atoms with E-state index in [1.807, 2.05) is 0 Å². The van der Waals surface area contributed by atoms with Gasteiger partial charge in [-0.3, -0.25) is 0 Å². The molecule has 98 valence electrons. The number of carboxylic acid groups (broad SMARTS) is 1. The fraction of sp³-hybridized carbons (Fsp3) is 0.154. The molecule has 1 N–H and O–H groups in total. The van der Waals surface area contributed by atoms with Crippen LogP contribution >= 0.6 is 15.9 Å². The van der Waals surface area contributed by atoms with Crippen molar-refractivity contribution in [3.8, 4) is 11.5 Å². The molecule has 1 aliphatic rings. The number of halogens is 1. The van der Waals surface area contributed by atoms with E-state index in [9.17, 15) is 9.90 Å². The molecule has 0 aliphatic carbocycles. The second kappa shape index (κ2) is 4.62. The van der Waals surface area contributed by atoms with Crippen LogP contribution in [0.5, 0.6) is 11.5 Å². The summed E-state index contributed by atoms with van der Waals surface area (Å²) in [6.45, 7) is 0. The van der Waals surface area contributed by atoms with Crippen molar-refractivity contribution in [2.75, 3.05) is 0 Å². The van der Waals surface area contributed by atoms with Crippen LogP contribution in [0.15, 0.2) is 45.5 Å². The second-order valence-corrected chi connectivity index (χ2v) is 4.79. The van der Waals surface area contributed by atoms with Gasteiger partial charge in [-0.05, 0) is 40.2 Å². The fourth-order valence-electron chi connectivity index (χ4n) is 1.91. The Morgan fingerprint density at radius 2 is 1.79 bits per heavy atom. The van der Waals surface area contributed by atoms with E-state index in [1.54, 1.807) is 36.4 Å². The molecule has 3 rings (SSSR count). The van der Waals surface area contributed by atoms with Crippen LogP contribution in [-0.2, 0) is 4.79 Å². The van der Waals surface area contributed by atoms with E-state index in [1.165, 1.54) is 0 Å². The van der Waals surface area contributed by atoms with Crippen LogP contribution in [0.4, 0.5) is 0 Å². The number of benzene rings is 1. The molecule has 6 heteroatoms. The summed E-state index contributed by atoms with van der Waals surface area (Å²) in [7, 11) is 0. The molecular weight excluding hydrogens is 316 g/mol. The molecular formula is C13H9BrO5. The molecule has 2 heterocycles. The normalized spacial score (nSPS) is 21.1. The molecule has 0 fully saturated rings. The molecule has 0 bridgehead atoms. The van der Waals surface area contributed by atoms with Gasteiger partial charge >= 0.3 is 5.97 Å². The minimum Gasteiger partial charge on any atom is -0.478 e. The third kappa shape index (κ3) is 2.19. The predicted molar refractivity (Wildman–Crippen MR) is 68.3 cm³/mol. The minimum absolute atomic E-state index is 0.397. The summed E-state index contributed by atoms with van der Waals surface area (Å²) in [5, 5.41) is 9.24. The number of para-hydroxylation sites is 2. The zero-order valence-corrected chi connectivity index (χ0v) is 11.2. The zero-order valence-electron chi connectivity index (χ0n) is 9.58. The van der Waals surface area contributed by atoms with Gasteiger partial charge in [0.1, 0.15) is 0 Å². The van der Waals surface area contributed by atoms with Gasteiger partial charge in [-0.15, -0.1) is 0 Å². The maximum Gasteiger partial charge on any atom is 0.349 e. The highest BCUT2D eigenvalue weighted by molar-refractivity contribution is 9.10. The van der Waals surface area contributed by atoms with Gasteiger partial charge in [-0.25, -0.2) is 4.79 Å². The lowest BCUT2D eigenvalue weighted by atomic mass is 10.1. The third-order valence-corrected chi connectivity index (χ3v) is 3.18. The van der Waals surface area contributed by atoms with Crippen LogP contribution in [0.1, 0.15) is 11.9 Å². The molecule has 0 amide bonds. The van der Waals surface area contributed by atoms with E-state index in [0.717, 1.165) is 0 Å². The number of hydrogen-bond donors (Lipinski definition) is 1. The van der Waals surface area contributed by atoms with Gasteiger partial charge in [0.25, 0.3) is 0 Å². The van der Waals surface area contributed by atoms with Crippen LogP contribution in [0.3, 0.4) is 0 Å². The SMILES string of the molecule is O=C(O)C1Oc2ccccc2OC1c1ccc(Br)o1. The Morgan fingerprint density at radius 3 is 2.37 bits per heavy atom. The van der Waals surface area contributed by atoms with E-state index in [-0.39, 0.29) is 0 Å². The quantitative estimate of drug-likeness (QED) is 0.919. The average molecular weight is 325 g/mol. The maximum atomic E-state index is 11.3. The third-order valence-electron chi connectivity index (χ3n) is 2.75. The molecule has 1 aromatic heterocycles. The maximum absolute atomic E-state index is 11.3. The van der Waals surface area contributed by atoms with Gasteiger partial charge in [-0.1, -0.05) is 12.1 Å². The van der Waals surface area contributed by atoms with Crippen molar-refractivity contribution in [1.82, 2.24) is 0 Å². The summed E-state index contributed by atoms with van der Waals surface area (Å²) in [5.41, 5.74) is 0. The molecule has 0 spiro atoms. The van der Waals surface area contributed by atoms with E-state index < -0.39 is 18.2 Å². The standard InChI is InChI=1S/C13H9BrO5/c14-10-6-5-9(17-10)11-12(13(15)16)19-8-4-2-1-3-7(8)18-11/h1-6,11-12H,(H,15,16). The smallest absolute Gasteiger partial charge is 0.349 e. The van der Waals surface area contributed by atoms with Crippen molar-refractivity contribution in [2.45, 2.75) is 12.2 Å². The summed E-state index contributed by atoms with van der Waals surface area (Å²) in [4.78, 5) is 11.3. The van der Waals surface area contributed by atoms with Crippen molar-refractivity contribution in [3.05, 3.63) is 46.8 Å². The number of rotatable bonds is 2. The molecule has 0 radical (unpaired) electrons. The van der Waals surface area contributed by atoms with Gasteiger partial charge < -0.3 is 19.0 Å². The Labute approximate surface area is 116 Å². The van der Waals surface area contributed by atoms with Crippen molar-refractivity contribution in [3.63, 3.8) is 0 Å². The van der Waals surface area contributed by atoms with Gasteiger partial charge in [0, 0.05) is 0 Å². The summed E-state index contributed by atoms with van der Waals surface area (Å²) in [6, 6.07) is 10.3. The predicted octanol–water partition coefficient (Wildman–Crippen LogP) is 3.01. The Hall–Kier alpha value is -1.95. The molecule has 19 heavy (non-hydrogen) atoms. The number of ether oxygens (including phenoxy) is 2. The van der Waals surface area contributed by atoms with E-state index in [4.69, 9.17) is 13.9 Å². The number of carbonyl (C=O) groups is 1. The topological polar surface area (TPSA) is 68.9 Å². The lowest BCUT2D eigenvalue weighted by Gasteiger charge is -2.30. The summed E-state index contributed by atoms with van der Waals surface area (Å²) in [5.74, 6) is 0.204. The first-order valence-corrected chi connectivity index (χ1v) is 6.35. The molecule has 1 aliphatic heterocycles. The molecule has 0 saturated carbocycles. The Balaban J connectivity index is 2.00. The molecule has 2 atom stereocenters. The monoisotopic (exact) mass is 324 g/mol. The summed E-state index contributed by atoms with van der Waals surface area (Å²) in [6.07, 6.45) is -1.97. The van der Waals surface area contributed by atoms with Gasteiger partial charge in [0.05, 0.1) is 0 Å². The Kier molecular flexibility index (Phi) is 2.94. The van der Waals surface area contributed by atoms with Crippen molar-refractivity contribution < 1.29 is 23.8 Å². The average Bonchev–Trinajstić information content (AvgIpc) is 2.83. The van der Waals surface area contributed by atoms with Gasteiger partial charge in [0.2, 0.25) is 12.2 Å². The van der Waals surface area contributed by atoms with Crippen LogP contribution in [0, 0.1) is 0 Å². The van der Waals surface area contributed by atoms with Gasteiger partial charge in [0.15, 0.2) is 21.9 Å². The van der Waals surface area contributed by atoms with Crippen LogP contribution < -0.4 is 9.47 Å². The van der Waals surface area contributed by atoms with E-state index >= 15 is 0 Å². The first-order valence-electron chi connectivity index (χ1n) is 5.55. The molecule has 0 saturated heterocycles. The van der Waals surface area contributed by atoms with Crippen LogP contribution in [-0.4, -0.2) is 17.2 Å². The first-order chi connectivity index (χ1) is 9.15. The van der Waals surface area contributed by atoms with Crippen LogP contribution in [0.2, 0.25) is 0 Å². The summed E-state index contributed by atoms with van der Waals surface area (Å²) >= 11 is 3.18. The second-order valence-electron chi connectivity index (χ2n) is 4.00. The van der Waals surface area contributed by atoms with E-state index in [0.29, 0.717) is 21.9 Å². The van der Waals surface area contributed by atoms with Crippen molar-refractivity contribution in [1.29, 1.82) is 0 Å². The molecule has 1 aromatic carbocycles. The molecule has 2 aromatic rings. The van der Waals surface area contributed by atoms with E-state index in [2.05, 4.69) is 15.9 Å². The number of furan rings is 1. The highest BCUT2D eigenvalue weighted by Gasteiger charge is 2.40. The highest BCUT2D eigenvalue weighted by Crippen LogP contribution is 2.40. The Bertz CT molecular complexity index is 621. The van der Waals surface area contributed by atoms with Crippen molar-refractivity contribution in [2.24, 2.45) is 0 Å². The lowest BCUT2D eigenvalue weighted by molar-refractivity contribution is -0.152. The van der Waals surface area contributed by atoms with Gasteiger partial charge in [-0.2, -0.15) is 0 Å². The Morgan fingerprint density at radius 1 is 1.11 bits per heavy atom. The fourth-order valence-corrected chi connectivity index (χ4v) is 2.23. The zero-order chi connectivity index (χ0) is 13.4. The first kappa shape index (κ1) is 12.1. The number of fused-ring (bicyclic) bond motifs is 1. The largest absolute Gasteiger partial charge is 0.478 e. The number of hydrogen-bond acceptors (Lipinski definition) is 4.